The molecular formula is C18H25ClF2N2O3. The van der Waals surface area contributed by atoms with E-state index in [-0.39, 0.29) is 36.0 Å². The Balaban J connectivity index is 0.00000243. The van der Waals surface area contributed by atoms with Crippen LogP contribution in [0.4, 0.5) is 8.78 Å². The molecular weight excluding hydrogens is 366 g/mol. The van der Waals surface area contributed by atoms with Crippen molar-refractivity contribution in [1.82, 2.24) is 4.90 Å². The second-order valence-corrected chi connectivity index (χ2v) is 6.83. The third-order valence-corrected chi connectivity index (χ3v) is 4.92. The fraction of sp³-hybridized carbons (Fsp3) is 0.611. The largest absolute Gasteiger partial charge is 0.489 e. The number of likely N-dealkylation sites (tertiary alicyclic amines) is 1. The van der Waals surface area contributed by atoms with Crippen molar-refractivity contribution in [3.05, 3.63) is 23.8 Å². The van der Waals surface area contributed by atoms with E-state index in [1.807, 2.05) is 0 Å². The summed E-state index contributed by atoms with van der Waals surface area (Å²) in [7, 11) is 0. The molecule has 2 aliphatic rings. The first-order valence-electron chi connectivity index (χ1n) is 8.66. The highest BCUT2D eigenvalue weighted by atomic mass is 35.5. The van der Waals surface area contributed by atoms with Crippen LogP contribution in [0.2, 0.25) is 0 Å². The predicted molar refractivity (Wildman–Crippen MR) is 96.1 cm³/mol. The van der Waals surface area contributed by atoms with Crippen LogP contribution in [0.25, 0.3) is 0 Å². The number of amides is 1. The third kappa shape index (κ3) is 4.98. The molecule has 26 heavy (non-hydrogen) atoms. The number of hydrogen-bond acceptors (Lipinski definition) is 4. The van der Waals surface area contributed by atoms with Gasteiger partial charge in [0.15, 0.2) is 11.5 Å². The van der Waals surface area contributed by atoms with Gasteiger partial charge in [0.25, 0.3) is 0 Å². The highest BCUT2D eigenvalue weighted by Crippen LogP contribution is 2.38. The number of ether oxygens (including phenoxy) is 2. The van der Waals surface area contributed by atoms with E-state index < -0.39 is 6.61 Å². The Morgan fingerprint density at radius 3 is 2.62 bits per heavy atom. The summed E-state index contributed by atoms with van der Waals surface area (Å²) in [5.74, 6) is 1.01. The number of benzene rings is 1. The molecule has 3 rings (SSSR count). The molecule has 1 aromatic carbocycles. The van der Waals surface area contributed by atoms with Crippen molar-refractivity contribution in [3.63, 3.8) is 0 Å². The van der Waals surface area contributed by atoms with E-state index >= 15 is 0 Å². The van der Waals surface area contributed by atoms with Crippen molar-refractivity contribution < 1.29 is 23.0 Å². The predicted octanol–water partition coefficient (Wildman–Crippen LogP) is 3.16. The third-order valence-electron chi connectivity index (χ3n) is 4.92. The maximum absolute atomic E-state index is 12.6. The summed E-state index contributed by atoms with van der Waals surface area (Å²) in [5.41, 5.74) is 6.73. The normalized spacial score (nSPS) is 22.3. The summed E-state index contributed by atoms with van der Waals surface area (Å²) >= 11 is 0. The molecule has 2 N–H and O–H groups in total. The first kappa shape index (κ1) is 20.7. The van der Waals surface area contributed by atoms with Crippen LogP contribution in [-0.2, 0) is 4.79 Å². The molecule has 0 spiro atoms. The Morgan fingerprint density at radius 1 is 1.35 bits per heavy atom. The highest BCUT2D eigenvalue weighted by molar-refractivity contribution is 5.85. The lowest BCUT2D eigenvalue weighted by atomic mass is 9.96. The zero-order valence-corrected chi connectivity index (χ0v) is 15.5. The second-order valence-electron chi connectivity index (χ2n) is 6.83. The minimum atomic E-state index is -2.89. The number of hydrogen-bond donors (Lipinski definition) is 1. The molecule has 1 aliphatic carbocycles. The Hall–Kier alpha value is -1.60. The van der Waals surface area contributed by atoms with E-state index in [0.717, 1.165) is 24.8 Å². The molecule has 0 bridgehead atoms. The van der Waals surface area contributed by atoms with Crippen molar-refractivity contribution in [2.45, 2.75) is 44.8 Å². The van der Waals surface area contributed by atoms with E-state index in [4.69, 9.17) is 10.5 Å². The second kappa shape index (κ2) is 8.86. The van der Waals surface area contributed by atoms with Gasteiger partial charge in [0.2, 0.25) is 5.91 Å². The van der Waals surface area contributed by atoms with Crippen molar-refractivity contribution >= 4 is 18.3 Å². The average molecular weight is 391 g/mol. The van der Waals surface area contributed by atoms with Gasteiger partial charge in [-0.15, -0.1) is 12.4 Å². The number of carbonyl (C=O) groups is 1. The minimum absolute atomic E-state index is 0. The first-order valence-corrected chi connectivity index (χ1v) is 8.66. The van der Waals surface area contributed by atoms with E-state index in [2.05, 4.69) is 4.74 Å². The monoisotopic (exact) mass is 390 g/mol. The van der Waals surface area contributed by atoms with Gasteiger partial charge in [-0.2, -0.15) is 8.78 Å². The van der Waals surface area contributed by atoms with Crippen molar-refractivity contribution in [2.75, 3.05) is 19.7 Å². The van der Waals surface area contributed by atoms with Gasteiger partial charge in [0.1, 0.15) is 0 Å². The number of nitrogens with zero attached hydrogens (tertiary/aromatic N) is 1. The molecule has 5 nitrogen and oxygen atoms in total. The van der Waals surface area contributed by atoms with Crippen LogP contribution < -0.4 is 15.2 Å². The molecule has 0 unspecified atom stereocenters. The van der Waals surface area contributed by atoms with Crippen molar-refractivity contribution in [1.29, 1.82) is 0 Å². The summed E-state index contributed by atoms with van der Waals surface area (Å²) in [6.45, 7) is 0.144. The smallest absolute Gasteiger partial charge is 0.387 e. The zero-order valence-electron chi connectivity index (χ0n) is 14.7. The lowest BCUT2D eigenvalue weighted by Gasteiger charge is -2.21. The van der Waals surface area contributed by atoms with Gasteiger partial charge in [0, 0.05) is 32.0 Å². The molecule has 1 heterocycles. The van der Waals surface area contributed by atoms with Crippen LogP contribution in [0.1, 0.15) is 37.7 Å². The molecule has 146 valence electrons. The van der Waals surface area contributed by atoms with Crippen LogP contribution in [-0.4, -0.2) is 43.2 Å². The van der Waals surface area contributed by atoms with Crippen LogP contribution in [0.3, 0.4) is 0 Å². The molecule has 8 heteroatoms. The van der Waals surface area contributed by atoms with E-state index in [9.17, 15) is 13.6 Å². The van der Waals surface area contributed by atoms with Crippen LogP contribution in [0.5, 0.6) is 11.5 Å². The Morgan fingerprint density at radius 2 is 2.08 bits per heavy atom. The molecule has 2 fully saturated rings. The molecule has 1 saturated carbocycles. The van der Waals surface area contributed by atoms with Gasteiger partial charge in [-0.1, -0.05) is 6.07 Å². The maximum Gasteiger partial charge on any atom is 0.387 e. The van der Waals surface area contributed by atoms with Crippen molar-refractivity contribution in [2.24, 2.45) is 11.7 Å². The summed E-state index contributed by atoms with van der Waals surface area (Å²) < 4.78 is 35.5. The Bertz CT molecular complexity index is 628. The number of rotatable bonds is 7. The number of halogens is 3. The fourth-order valence-corrected chi connectivity index (χ4v) is 3.34. The highest BCUT2D eigenvalue weighted by Gasteiger charge is 2.34. The van der Waals surface area contributed by atoms with Gasteiger partial charge in [-0.3, -0.25) is 4.79 Å². The summed E-state index contributed by atoms with van der Waals surface area (Å²) in [4.78, 5) is 13.5. The van der Waals surface area contributed by atoms with Gasteiger partial charge in [-0.25, -0.2) is 0 Å². The lowest BCUT2D eigenvalue weighted by Crippen LogP contribution is -2.38. The SMILES string of the molecule is CC(=O)N1C[C@@H](c2ccc(OC(F)F)c(OCC3CC3)c2)C[C@@H]1CN.Cl. The molecule has 2 atom stereocenters. The number of nitrogens with two attached hydrogens (primary N) is 1. The summed E-state index contributed by atoms with van der Waals surface area (Å²) in [6.07, 6.45) is 2.98. The molecule has 1 aromatic rings. The van der Waals surface area contributed by atoms with Crippen LogP contribution in [0, 0.1) is 5.92 Å². The number of carbonyl (C=O) groups excluding carboxylic acids is 1. The van der Waals surface area contributed by atoms with Crippen LogP contribution in [0.15, 0.2) is 18.2 Å². The lowest BCUT2D eigenvalue weighted by molar-refractivity contribution is -0.129. The van der Waals surface area contributed by atoms with Crippen molar-refractivity contribution in [3.8, 4) is 11.5 Å². The average Bonchev–Trinajstić information content (AvgIpc) is 3.29. The maximum atomic E-state index is 12.6. The number of alkyl halides is 2. The summed E-state index contributed by atoms with van der Waals surface area (Å²) in [6, 6.07) is 5.07. The molecule has 1 amide bonds. The summed E-state index contributed by atoms with van der Waals surface area (Å²) in [5, 5.41) is 0. The molecule has 0 aromatic heterocycles. The van der Waals surface area contributed by atoms with Crippen LogP contribution >= 0.6 is 12.4 Å². The topological polar surface area (TPSA) is 64.8 Å². The minimum Gasteiger partial charge on any atom is -0.489 e. The van der Waals surface area contributed by atoms with Gasteiger partial charge >= 0.3 is 6.61 Å². The standard InChI is InChI=1S/C18H24F2N2O3.ClH/c1-11(23)22-9-14(6-15(22)8-21)13-4-5-16(25-18(19)20)17(7-13)24-10-12-2-3-12;/h4-5,7,12,14-15,18H,2-3,6,8-10,21H2,1H3;1H/t14-,15+;/m0./s1. The van der Waals surface area contributed by atoms with E-state index in [1.165, 1.54) is 13.0 Å². The molecule has 0 radical (unpaired) electrons. The van der Waals surface area contributed by atoms with Gasteiger partial charge in [-0.05, 0) is 42.9 Å². The van der Waals surface area contributed by atoms with Gasteiger partial charge < -0.3 is 20.1 Å². The van der Waals surface area contributed by atoms with E-state index in [0.29, 0.717) is 31.4 Å². The van der Waals surface area contributed by atoms with Gasteiger partial charge in [0.05, 0.1) is 6.61 Å². The molecule has 1 saturated heterocycles. The van der Waals surface area contributed by atoms with E-state index in [1.54, 1.807) is 17.0 Å². The Kier molecular flexibility index (Phi) is 7.06. The molecule has 1 aliphatic heterocycles. The fourth-order valence-electron chi connectivity index (χ4n) is 3.34. The first-order chi connectivity index (χ1) is 12.0. The Labute approximate surface area is 158 Å². The quantitative estimate of drug-likeness (QED) is 0.776. The zero-order chi connectivity index (χ0) is 18.0.